The Bertz CT molecular complexity index is 1430. The molecule has 0 unspecified atom stereocenters. The maximum absolute atomic E-state index is 15.0. The van der Waals surface area contributed by atoms with Crippen molar-refractivity contribution in [2.75, 3.05) is 0 Å². The minimum absolute atomic E-state index is 0.0874. The second-order valence-corrected chi connectivity index (χ2v) is 13.8. The zero-order valence-electron chi connectivity index (χ0n) is 24.0. The summed E-state index contributed by atoms with van der Waals surface area (Å²) in [6.45, 7) is 10.3. The lowest BCUT2D eigenvalue weighted by Gasteiger charge is -2.41. The summed E-state index contributed by atoms with van der Waals surface area (Å²) in [6, 6.07) is 26.6. The maximum Gasteiger partial charge on any atom is 0.237 e. The van der Waals surface area contributed by atoms with E-state index < -0.39 is 22.8 Å². The topological polar surface area (TPSA) is 54.5 Å². The van der Waals surface area contributed by atoms with Crippen LogP contribution in [0.4, 0.5) is 0 Å². The molecule has 1 saturated heterocycles. The molecule has 2 fully saturated rings. The van der Waals surface area contributed by atoms with Gasteiger partial charge in [-0.3, -0.25) is 19.3 Å². The Hall–Kier alpha value is -3.24. The summed E-state index contributed by atoms with van der Waals surface area (Å²) in [4.78, 5) is 45.5. The van der Waals surface area contributed by atoms with Crippen LogP contribution in [0.5, 0.6) is 0 Å². The number of benzene rings is 3. The van der Waals surface area contributed by atoms with Gasteiger partial charge in [0.05, 0.1) is 11.3 Å². The van der Waals surface area contributed by atoms with Crippen LogP contribution in [-0.2, 0) is 16.0 Å². The second kappa shape index (κ2) is 10.3. The first-order chi connectivity index (χ1) is 18.8. The highest BCUT2D eigenvalue weighted by Gasteiger charge is 2.71. The van der Waals surface area contributed by atoms with Crippen molar-refractivity contribution in [3.05, 3.63) is 107 Å². The first-order valence-corrected chi connectivity index (χ1v) is 14.5. The van der Waals surface area contributed by atoms with Crippen molar-refractivity contribution in [3.63, 3.8) is 0 Å². The van der Waals surface area contributed by atoms with Gasteiger partial charge in [0.1, 0.15) is 0 Å². The van der Waals surface area contributed by atoms with Crippen molar-refractivity contribution in [1.82, 2.24) is 4.90 Å². The molecular weight excluding hydrogens is 518 g/mol. The van der Waals surface area contributed by atoms with Crippen LogP contribution in [0, 0.1) is 22.7 Å². The quantitative estimate of drug-likeness (QED) is 0.221. The molecule has 3 aromatic carbocycles. The monoisotopic (exact) mass is 555 g/mol. The minimum atomic E-state index is -1.22. The fourth-order valence-electron chi connectivity index (χ4n) is 7.71. The van der Waals surface area contributed by atoms with Crippen molar-refractivity contribution in [1.29, 1.82) is 0 Å². The van der Waals surface area contributed by atoms with E-state index in [2.05, 4.69) is 20.8 Å². The Balaban J connectivity index is 1.72. The molecule has 3 aromatic rings. The molecule has 2 amide bonds. The number of Topliss-reactive ketones (excluding diaryl/α,β-unsaturated/α-hetero) is 1. The van der Waals surface area contributed by atoms with Crippen LogP contribution >= 0.6 is 11.6 Å². The van der Waals surface area contributed by atoms with E-state index in [1.807, 2.05) is 92.7 Å². The molecule has 0 aromatic heterocycles. The average Bonchev–Trinajstić information content (AvgIpc) is 3.33. The fraction of sp³-hybridized carbons (Fsp3) is 0.400. The van der Waals surface area contributed by atoms with Crippen molar-refractivity contribution in [2.45, 2.75) is 65.3 Å². The van der Waals surface area contributed by atoms with Gasteiger partial charge in [-0.25, -0.2) is 0 Å². The zero-order chi connectivity index (χ0) is 28.9. The van der Waals surface area contributed by atoms with Crippen molar-refractivity contribution >= 4 is 29.2 Å². The number of hydrogen-bond donors (Lipinski definition) is 0. The third-order valence-corrected chi connectivity index (χ3v) is 8.95. The summed E-state index contributed by atoms with van der Waals surface area (Å²) in [7, 11) is 0. The molecule has 2 aliphatic rings. The van der Waals surface area contributed by atoms with E-state index in [1.54, 1.807) is 6.07 Å². The van der Waals surface area contributed by atoms with Crippen molar-refractivity contribution in [3.8, 4) is 0 Å². The Morgan fingerprint density at radius 1 is 0.900 bits per heavy atom. The Labute approximate surface area is 242 Å². The van der Waals surface area contributed by atoms with E-state index >= 15 is 0 Å². The van der Waals surface area contributed by atoms with Gasteiger partial charge in [0.2, 0.25) is 11.8 Å². The Morgan fingerprint density at radius 3 is 2.12 bits per heavy atom. The molecule has 40 heavy (non-hydrogen) atoms. The SMILES string of the molecule is CC(C)(C)CC(C)(C)N1C(=O)[C@H]2C[C@H](c3ccccc3)[C@@H](C(=O)c3ccccc3)[C@@]2(Cc2cccc(Cl)c2)C1=O. The number of fused-ring (bicyclic) bond motifs is 1. The van der Waals surface area contributed by atoms with Crippen LogP contribution in [0.1, 0.15) is 74.9 Å². The van der Waals surface area contributed by atoms with Crippen LogP contribution in [0.2, 0.25) is 5.02 Å². The van der Waals surface area contributed by atoms with Gasteiger partial charge in [0, 0.05) is 22.0 Å². The third kappa shape index (κ3) is 4.92. The van der Waals surface area contributed by atoms with Crippen molar-refractivity contribution in [2.24, 2.45) is 22.7 Å². The highest BCUT2D eigenvalue weighted by Crippen LogP contribution is 2.63. The summed E-state index contributed by atoms with van der Waals surface area (Å²) >= 11 is 6.40. The lowest BCUT2D eigenvalue weighted by atomic mass is 9.65. The first kappa shape index (κ1) is 28.3. The van der Waals surface area contributed by atoms with Crippen LogP contribution in [0.3, 0.4) is 0 Å². The summed E-state index contributed by atoms with van der Waals surface area (Å²) in [5.41, 5.74) is 0.373. The number of halogens is 1. The average molecular weight is 556 g/mol. The largest absolute Gasteiger partial charge is 0.294 e. The van der Waals surface area contributed by atoms with E-state index in [1.165, 1.54) is 4.90 Å². The second-order valence-electron chi connectivity index (χ2n) is 13.4. The van der Waals surface area contributed by atoms with Crippen LogP contribution in [0.15, 0.2) is 84.9 Å². The highest BCUT2D eigenvalue weighted by atomic mass is 35.5. The molecule has 5 heteroatoms. The number of carbonyl (C=O) groups is 3. The zero-order valence-corrected chi connectivity index (χ0v) is 24.7. The van der Waals surface area contributed by atoms with Crippen LogP contribution in [0.25, 0.3) is 0 Å². The summed E-state index contributed by atoms with van der Waals surface area (Å²) in [5.74, 6) is -2.06. The molecule has 1 saturated carbocycles. The van der Waals surface area contributed by atoms with Gasteiger partial charge >= 0.3 is 0 Å². The van der Waals surface area contributed by atoms with Crippen LogP contribution in [-0.4, -0.2) is 28.0 Å². The maximum atomic E-state index is 15.0. The summed E-state index contributed by atoms with van der Waals surface area (Å²) < 4.78 is 0. The van der Waals surface area contributed by atoms with Gasteiger partial charge in [-0.15, -0.1) is 0 Å². The van der Waals surface area contributed by atoms with Gasteiger partial charge in [-0.1, -0.05) is 105 Å². The molecule has 0 N–H and O–H groups in total. The molecular formula is C35H38ClNO3. The smallest absolute Gasteiger partial charge is 0.237 e. The minimum Gasteiger partial charge on any atom is -0.294 e. The number of hydrogen-bond acceptors (Lipinski definition) is 3. The van der Waals surface area contributed by atoms with E-state index in [-0.39, 0.29) is 35.4 Å². The lowest BCUT2D eigenvalue weighted by Crippen LogP contribution is -2.53. The number of nitrogens with zero attached hydrogens (tertiary/aromatic N) is 1. The van der Waals surface area contributed by atoms with Gasteiger partial charge in [0.25, 0.3) is 0 Å². The fourth-order valence-corrected chi connectivity index (χ4v) is 7.93. The van der Waals surface area contributed by atoms with E-state index in [0.717, 1.165) is 11.1 Å². The molecule has 208 valence electrons. The molecule has 5 rings (SSSR count). The van der Waals surface area contributed by atoms with Gasteiger partial charge in [0.15, 0.2) is 5.78 Å². The molecule has 4 nitrogen and oxygen atoms in total. The van der Waals surface area contributed by atoms with Crippen LogP contribution < -0.4 is 0 Å². The Kier molecular flexibility index (Phi) is 7.29. The molecule has 0 spiro atoms. The molecule has 1 heterocycles. The number of imide groups is 1. The standard InChI is InChI=1S/C35H38ClNO3/c1-33(2,3)22-34(4,5)37-31(39)28-20-27(24-14-8-6-9-15-24)29(30(38)25-16-10-7-11-17-25)35(28,32(37)40)21-23-13-12-18-26(36)19-23/h6-19,27-29H,20-22H2,1-5H3/t27-,28-,29+,35+/m1/s1. The molecule has 0 radical (unpaired) electrons. The summed E-state index contributed by atoms with van der Waals surface area (Å²) in [6.07, 6.45) is 1.37. The van der Waals surface area contributed by atoms with Gasteiger partial charge < -0.3 is 0 Å². The van der Waals surface area contributed by atoms with Crippen molar-refractivity contribution < 1.29 is 14.4 Å². The van der Waals surface area contributed by atoms with Gasteiger partial charge in [-0.2, -0.15) is 0 Å². The number of rotatable bonds is 7. The number of carbonyl (C=O) groups excluding carboxylic acids is 3. The lowest BCUT2D eigenvalue weighted by molar-refractivity contribution is -0.150. The van der Waals surface area contributed by atoms with E-state index in [9.17, 15) is 14.4 Å². The predicted octanol–water partition coefficient (Wildman–Crippen LogP) is 7.76. The molecule has 1 aliphatic heterocycles. The number of ketones is 1. The number of likely N-dealkylation sites (tertiary alicyclic amines) is 1. The highest BCUT2D eigenvalue weighted by molar-refractivity contribution is 6.30. The number of amides is 2. The third-order valence-electron chi connectivity index (χ3n) is 8.71. The predicted molar refractivity (Wildman–Crippen MR) is 159 cm³/mol. The Morgan fingerprint density at radius 2 is 1.52 bits per heavy atom. The molecule has 4 atom stereocenters. The molecule has 0 bridgehead atoms. The molecule has 1 aliphatic carbocycles. The van der Waals surface area contributed by atoms with E-state index in [0.29, 0.717) is 23.4 Å². The van der Waals surface area contributed by atoms with E-state index in [4.69, 9.17) is 11.6 Å². The first-order valence-electron chi connectivity index (χ1n) is 14.1. The van der Waals surface area contributed by atoms with Gasteiger partial charge in [-0.05, 0) is 67.7 Å². The normalized spacial score (nSPS) is 24.9. The summed E-state index contributed by atoms with van der Waals surface area (Å²) in [5, 5.41) is 0.565.